The highest BCUT2D eigenvalue weighted by atomic mass is 16.5. The number of aryl methyl sites for hydroxylation is 3. The number of benzene rings is 2. The zero-order valence-electron chi connectivity index (χ0n) is 11.2. The molecule has 2 aromatic rings. The van der Waals surface area contributed by atoms with E-state index in [4.69, 9.17) is 10.5 Å². The lowest BCUT2D eigenvalue weighted by atomic mass is 10.1. The Morgan fingerprint density at radius 3 is 2.33 bits per heavy atom. The van der Waals surface area contributed by atoms with Crippen molar-refractivity contribution in [1.29, 1.82) is 0 Å². The molecule has 0 fully saturated rings. The molecule has 0 spiro atoms. The van der Waals surface area contributed by atoms with E-state index >= 15 is 0 Å². The normalized spacial score (nSPS) is 10.4. The van der Waals surface area contributed by atoms with Crippen LogP contribution in [0.1, 0.15) is 22.3 Å². The summed E-state index contributed by atoms with van der Waals surface area (Å²) < 4.78 is 5.90. The molecule has 0 saturated heterocycles. The molecule has 0 heterocycles. The maximum absolute atomic E-state index is 5.90. The minimum atomic E-state index is 0.565. The SMILES string of the molecule is Cc1ccc(Oc2ccc(CN)c(C)c2)c(C)c1. The summed E-state index contributed by atoms with van der Waals surface area (Å²) in [6.45, 7) is 6.76. The van der Waals surface area contributed by atoms with Gasteiger partial charge in [0.05, 0.1) is 0 Å². The fraction of sp³-hybridized carbons (Fsp3) is 0.250. The topological polar surface area (TPSA) is 35.2 Å². The lowest BCUT2D eigenvalue weighted by Gasteiger charge is -2.11. The smallest absolute Gasteiger partial charge is 0.130 e. The minimum absolute atomic E-state index is 0.565. The molecule has 0 amide bonds. The van der Waals surface area contributed by atoms with Crippen molar-refractivity contribution < 1.29 is 4.74 Å². The number of rotatable bonds is 3. The van der Waals surface area contributed by atoms with Crippen LogP contribution >= 0.6 is 0 Å². The molecule has 0 aliphatic carbocycles. The summed E-state index contributed by atoms with van der Waals surface area (Å²) in [6, 6.07) is 12.2. The van der Waals surface area contributed by atoms with E-state index in [9.17, 15) is 0 Å². The average Bonchev–Trinajstić information content (AvgIpc) is 2.33. The molecule has 0 radical (unpaired) electrons. The Bertz CT molecular complexity index is 561. The Morgan fingerprint density at radius 2 is 1.72 bits per heavy atom. The standard InChI is InChI=1S/C16H19NO/c1-11-4-7-16(13(3)8-11)18-15-6-5-14(10-17)12(2)9-15/h4-9H,10,17H2,1-3H3. The van der Waals surface area contributed by atoms with Crippen molar-refractivity contribution in [2.75, 3.05) is 0 Å². The van der Waals surface area contributed by atoms with E-state index in [-0.39, 0.29) is 0 Å². The summed E-state index contributed by atoms with van der Waals surface area (Å²) in [5.74, 6) is 1.76. The second kappa shape index (κ2) is 5.23. The predicted octanol–water partition coefficient (Wildman–Crippen LogP) is 3.86. The van der Waals surface area contributed by atoms with Gasteiger partial charge in [0.15, 0.2) is 0 Å². The first kappa shape index (κ1) is 12.7. The number of hydrogen-bond donors (Lipinski definition) is 1. The van der Waals surface area contributed by atoms with Crippen LogP contribution in [0.15, 0.2) is 36.4 Å². The molecule has 0 aromatic heterocycles. The van der Waals surface area contributed by atoms with Crippen molar-refractivity contribution in [3.8, 4) is 11.5 Å². The maximum Gasteiger partial charge on any atom is 0.130 e. The molecule has 2 rings (SSSR count). The minimum Gasteiger partial charge on any atom is -0.457 e. The molecular formula is C16H19NO. The summed E-state index contributed by atoms with van der Waals surface area (Å²) in [7, 11) is 0. The molecule has 0 atom stereocenters. The van der Waals surface area contributed by atoms with Gasteiger partial charge in [-0.15, -0.1) is 0 Å². The summed E-state index contributed by atoms with van der Waals surface area (Å²) in [5, 5.41) is 0. The zero-order valence-corrected chi connectivity index (χ0v) is 11.2. The van der Waals surface area contributed by atoms with Crippen molar-refractivity contribution >= 4 is 0 Å². The molecule has 0 unspecified atom stereocenters. The van der Waals surface area contributed by atoms with Gasteiger partial charge >= 0.3 is 0 Å². The van der Waals surface area contributed by atoms with Gasteiger partial charge in [-0.25, -0.2) is 0 Å². The van der Waals surface area contributed by atoms with Gasteiger partial charge in [-0.1, -0.05) is 23.8 Å². The van der Waals surface area contributed by atoms with E-state index in [0.29, 0.717) is 6.54 Å². The molecule has 2 heteroatoms. The largest absolute Gasteiger partial charge is 0.457 e. The first-order chi connectivity index (χ1) is 8.60. The highest BCUT2D eigenvalue weighted by Gasteiger charge is 2.03. The third-order valence-electron chi connectivity index (χ3n) is 3.09. The first-order valence-electron chi connectivity index (χ1n) is 6.15. The fourth-order valence-electron chi connectivity index (χ4n) is 2.00. The Kier molecular flexibility index (Phi) is 3.68. The third-order valence-corrected chi connectivity index (χ3v) is 3.09. The van der Waals surface area contributed by atoms with Gasteiger partial charge in [0.2, 0.25) is 0 Å². The number of hydrogen-bond acceptors (Lipinski definition) is 2. The predicted molar refractivity (Wildman–Crippen MR) is 75.1 cm³/mol. The monoisotopic (exact) mass is 241 g/mol. The van der Waals surface area contributed by atoms with Gasteiger partial charge in [0, 0.05) is 6.54 Å². The number of nitrogens with two attached hydrogens (primary N) is 1. The van der Waals surface area contributed by atoms with Gasteiger partial charge in [0.1, 0.15) is 11.5 Å². The zero-order chi connectivity index (χ0) is 13.1. The van der Waals surface area contributed by atoms with E-state index in [1.807, 2.05) is 24.3 Å². The molecule has 94 valence electrons. The molecule has 0 aliphatic rings. The molecule has 18 heavy (non-hydrogen) atoms. The van der Waals surface area contributed by atoms with Crippen molar-refractivity contribution in [3.05, 3.63) is 58.7 Å². The maximum atomic E-state index is 5.90. The molecule has 0 aliphatic heterocycles. The molecule has 2 nitrogen and oxygen atoms in total. The van der Waals surface area contributed by atoms with Crippen LogP contribution in [0.5, 0.6) is 11.5 Å². The van der Waals surface area contributed by atoms with E-state index in [2.05, 4.69) is 32.9 Å². The van der Waals surface area contributed by atoms with Gasteiger partial charge in [-0.3, -0.25) is 0 Å². The van der Waals surface area contributed by atoms with Crippen molar-refractivity contribution in [2.45, 2.75) is 27.3 Å². The lowest BCUT2D eigenvalue weighted by Crippen LogP contribution is -1.99. The highest BCUT2D eigenvalue weighted by Crippen LogP contribution is 2.27. The van der Waals surface area contributed by atoms with E-state index in [1.165, 1.54) is 11.1 Å². The van der Waals surface area contributed by atoms with Gasteiger partial charge in [-0.05, 0) is 55.7 Å². The summed E-state index contributed by atoms with van der Waals surface area (Å²) in [4.78, 5) is 0. The van der Waals surface area contributed by atoms with Crippen LogP contribution in [0, 0.1) is 20.8 Å². The van der Waals surface area contributed by atoms with Crippen molar-refractivity contribution in [3.63, 3.8) is 0 Å². The molecule has 2 aromatic carbocycles. The van der Waals surface area contributed by atoms with Gasteiger partial charge in [0.25, 0.3) is 0 Å². The Balaban J connectivity index is 2.26. The fourth-order valence-corrected chi connectivity index (χ4v) is 2.00. The van der Waals surface area contributed by atoms with E-state index in [0.717, 1.165) is 22.6 Å². The van der Waals surface area contributed by atoms with Crippen LogP contribution in [-0.4, -0.2) is 0 Å². The Labute approximate surface area is 108 Å². The molecule has 0 bridgehead atoms. The summed E-state index contributed by atoms with van der Waals surface area (Å²) >= 11 is 0. The van der Waals surface area contributed by atoms with E-state index in [1.54, 1.807) is 0 Å². The number of ether oxygens (including phenoxy) is 1. The van der Waals surface area contributed by atoms with Crippen LogP contribution in [0.4, 0.5) is 0 Å². The highest BCUT2D eigenvalue weighted by molar-refractivity contribution is 5.41. The van der Waals surface area contributed by atoms with Gasteiger partial charge in [-0.2, -0.15) is 0 Å². The lowest BCUT2D eigenvalue weighted by molar-refractivity contribution is 0.478. The third kappa shape index (κ3) is 2.71. The van der Waals surface area contributed by atoms with E-state index < -0.39 is 0 Å². The molecule has 0 saturated carbocycles. The molecule has 2 N–H and O–H groups in total. The van der Waals surface area contributed by atoms with Crippen LogP contribution in [0.3, 0.4) is 0 Å². The Morgan fingerprint density at radius 1 is 0.944 bits per heavy atom. The van der Waals surface area contributed by atoms with Gasteiger partial charge < -0.3 is 10.5 Å². The van der Waals surface area contributed by atoms with Crippen LogP contribution in [0.25, 0.3) is 0 Å². The van der Waals surface area contributed by atoms with Crippen molar-refractivity contribution in [1.82, 2.24) is 0 Å². The van der Waals surface area contributed by atoms with Crippen LogP contribution in [-0.2, 0) is 6.54 Å². The van der Waals surface area contributed by atoms with Crippen LogP contribution in [0.2, 0.25) is 0 Å². The second-order valence-electron chi connectivity index (χ2n) is 4.66. The second-order valence-corrected chi connectivity index (χ2v) is 4.66. The Hall–Kier alpha value is -1.80. The van der Waals surface area contributed by atoms with Crippen molar-refractivity contribution in [2.24, 2.45) is 5.73 Å². The van der Waals surface area contributed by atoms with Crippen LogP contribution < -0.4 is 10.5 Å². The summed E-state index contributed by atoms with van der Waals surface area (Å²) in [6.07, 6.45) is 0. The summed E-state index contributed by atoms with van der Waals surface area (Å²) in [5.41, 5.74) is 10.4. The quantitative estimate of drug-likeness (QED) is 0.885. The average molecular weight is 241 g/mol. The first-order valence-corrected chi connectivity index (χ1v) is 6.15. The molecular weight excluding hydrogens is 222 g/mol.